The summed E-state index contributed by atoms with van der Waals surface area (Å²) in [7, 11) is 0. The zero-order chi connectivity index (χ0) is 12.1. The van der Waals surface area contributed by atoms with Gasteiger partial charge in [0.15, 0.2) is 0 Å². The van der Waals surface area contributed by atoms with E-state index < -0.39 is 0 Å². The van der Waals surface area contributed by atoms with Crippen molar-refractivity contribution in [1.82, 2.24) is 0 Å². The summed E-state index contributed by atoms with van der Waals surface area (Å²) in [4.78, 5) is 2.24. The molecule has 0 aliphatic heterocycles. The lowest BCUT2D eigenvalue weighted by molar-refractivity contribution is 0.282. The van der Waals surface area contributed by atoms with Gasteiger partial charge in [-0.05, 0) is 37.5 Å². The molecule has 0 saturated carbocycles. The number of halogens is 1. The van der Waals surface area contributed by atoms with E-state index in [0.717, 1.165) is 41.3 Å². The van der Waals surface area contributed by atoms with Crippen LogP contribution in [0.1, 0.15) is 31.4 Å². The van der Waals surface area contributed by atoms with Gasteiger partial charge in [-0.15, -0.1) is 0 Å². The summed E-state index contributed by atoms with van der Waals surface area (Å²) in [6.45, 7) is 8.23. The van der Waals surface area contributed by atoms with Gasteiger partial charge >= 0.3 is 0 Å². The Morgan fingerprint density at radius 3 is 2.50 bits per heavy atom. The Morgan fingerprint density at radius 2 is 2.00 bits per heavy atom. The molecular formula is C13H20ClNO. The predicted molar refractivity (Wildman–Crippen MR) is 70.3 cm³/mol. The molecule has 0 radical (unpaired) electrons. The first-order chi connectivity index (χ1) is 7.63. The van der Waals surface area contributed by atoms with Crippen molar-refractivity contribution >= 4 is 17.3 Å². The van der Waals surface area contributed by atoms with Crippen molar-refractivity contribution in [3.05, 3.63) is 28.3 Å². The van der Waals surface area contributed by atoms with Gasteiger partial charge < -0.3 is 10.0 Å². The number of rotatable bonds is 5. The zero-order valence-electron chi connectivity index (χ0n) is 10.3. The smallest absolute Gasteiger partial charge is 0.0682 e. The van der Waals surface area contributed by atoms with Gasteiger partial charge in [0.2, 0.25) is 0 Å². The van der Waals surface area contributed by atoms with Crippen molar-refractivity contribution in [3.63, 3.8) is 0 Å². The summed E-state index contributed by atoms with van der Waals surface area (Å²) >= 11 is 6.31. The Kier molecular flexibility index (Phi) is 5.10. The predicted octanol–water partition coefficient (Wildman–Crippen LogP) is 3.38. The molecule has 0 bridgehead atoms. The third-order valence-electron chi connectivity index (χ3n) is 2.69. The molecule has 0 amide bonds. The molecule has 0 atom stereocenters. The molecule has 1 aromatic rings. The number of aliphatic hydroxyl groups is 1. The fourth-order valence-corrected chi connectivity index (χ4v) is 2.09. The van der Waals surface area contributed by atoms with Crippen LogP contribution in [0, 0.1) is 6.92 Å². The molecule has 3 heteroatoms. The highest BCUT2D eigenvalue weighted by atomic mass is 35.5. The summed E-state index contributed by atoms with van der Waals surface area (Å²) in [5.74, 6) is 0. The number of aliphatic hydroxyl groups excluding tert-OH is 1. The molecular weight excluding hydrogens is 222 g/mol. The van der Waals surface area contributed by atoms with Gasteiger partial charge in [0, 0.05) is 13.1 Å². The van der Waals surface area contributed by atoms with E-state index in [-0.39, 0.29) is 6.61 Å². The van der Waals surface area contributed by atoms with Crippen LogP contribution >= 0.6 is 11.6 Å². The summed E-state index contributed by atoms with van der Waals surface area (Å²) in [5.41, 5.74) is 2.99. The number of hydrogen-bond donors (Lipinski definition) is 1. The summed E-state index contributed by atoms with van der Waals surface area (Å²) in [6.07, 6.45) is 1.09. The maximum absolute atomic E-state index is 9.20. The van der Waals surface area contributed by atoms with E-state index in [2.05, 4.69) is 18.7 Å². The van der Waals surface area contributed by atoms with Crippen LogP contribution in [-0.4, -0.2) is 18.2 Å². The van der Waals surface area contributed by atoms with Gasteiger partial charge in [0.25, 0.3) is 0 Å². The van der Waals surface area contributed by atoms with Gasteiger partial charge in [0.1, 0.15) is 0 Å². The summed E-state index contributed by atoms with van der Waals surface area (Å²) in [6, 6.07) is 3.92. The van der Waals surface area contributed by atoms with Gasteiger partial charge in [-0.3, -0.25) is 0 Å². The largest absolute Gasteiger partial charge is 0.392 e. The number of hydrogen-bond acceptors (Lipinski definition) is 2. The third kappa shape index (κ3) is 2.89. The van der Waals surface area contributed by atoms with E-state index in [9.17, 15) is 5.11 Å². The molecule has 0 aliphatic rings. The Hall–Kier alpha value is -0.730. The van der Waals surface area contributed by atoms with Crippen molar-refractivity contribution in [3.8, 4) is 0 Å². The van der Waals surface area contributed by atoms with Gasteiger partial charge in [-0.2, -0.15) is 0 Å². The van der Waals surface area contributed by atoms with Crippen molar-refractivity contribution in [2.24, 2.45) is 0 Å². The molecule has 0 heterocycles. The van der Waals surface area contributed by atoms with E-state index in [1.54, 1.807) is 0 Å². The quantitative estimate of drug-likeness (QED) is 0.855. The zero-order valence-corrected chi connectivity index (χ0v) is 11.0. The van der Waals surface area contributed by atoms with E-state index in [4.69, 9.17) is 11.6 Å². The molecule has 0 aromatic heterocycles. The van der Waals surface area contributed by atoms with E-state index in [0.29, 0.717) is 0 Å². The third-order valence-corrected chi connectivity index (χ3v) is 3.19. The first kappa shape index (κ1) is 13.3. The second kappa shape index (κ2) is 6.12. The first-order valence-corrected chi connectivity index (χ1v) is 6.16. The minimum absolute atomic E-state index is 0.0642. The lowest BCUT2D eigenvalue weighted by Gasteiger charge is -2.25. The number of benzene rings is 1. The van der Waals surface area contributed by atoms with E-state index >= 15 is 0 Å². The standard InChI is InChI=1S/C13H20ClNO/c1-4-6-15(5-2)12-8-11(9-16)7-10(3)13(12)14/h7-8,16H,4-6,9H2,1-3H3. The van der Waals surface area contributed by atoms with Gasteiger partial charge in [0.05, 0.1) is 17.3 Å². The second-order valence-corrected chi connectivity index (χ2v) is 4.36. The highest BCUT2D eigenvalue weighted by Gasteiger charge is 2.11. The van der Waals surface area contributed by atoms with Crippen LogP contribution in [0.2, 0.25) is 5.02 Å². The molecule has 1 aromatic carbocycles. The van der Waals surface area contributed by atoms with Crippen molar-refractivity contribution in [2.45, 2.75) is 33.8 Å². The first-order valence-electron chi connectivity index (χ1n) is 5.78. The highest BCUT2D eigenvalue weighted by molar-refractivity contribution is 6.34. The normalized spacial score (nSPS) is 10.6. The number of aryl methyl sites for hydroxylation is 1. The van der Waals surface area contributed by atoms with E-state index in [1.807, 2.05) is 19.1 Å². The van der Waals surface area contributed by atoms with Crippen LogP contribution in [0.3, 0.4) is 0 Å². The number of nitrogens with zero attached hydrogens (tertiary/aromatic N) is 1. The molecule has 16 heavy (non-hydrogen) atoms. The molecule has 1 N–H and O–H groups in total. The molecule has 2 nitrogen and oxygen atoms in total. The van der Waals surface area contributed by atoms with Crippen molar-refractivity contribution in [2.75, 3.05) is 18.0 Å². The van der Waals surface area contributed by atoms with Crippen LogP contribution in [0.25, 0.3) is 0 Å². The van der Waals surface area contributed by atoms with Gasteiger partial charge in [-0.25, -0.2) is 0 Å². The fourth-order valence-electron chi connectivity index (χ4n) is 1.86. The Balaban J connectivity index is 3.13. The van der Waals surface area contributed by atoms with Crippen LogP contribution in [0.4, 0.5) is 5.69 Å². The molecule has 0 spiro atoms. The molecule has 1 rings (SSSR count). The fraction of sp³-hybridized carbons (Fsp3) is 0.538. The van der Waals surface area contributed by atoms with Crippen LogP contribution in [0.5, 0.6) is 0 Å². The maximum Gasteiger partial charge on any atom is 0.0682 e. The van der Waals surface area contributed by atoms with E-state index in [1.165, 1.54) is 0 Å². The Morgan fingerprint density at radius 1 is 1.31 bits per heavy atom. The van der Waals surface area contributed by atoms with Gasteiger partial charge in [-0.1, -0.05) is 24.6 Å². The lowest BCUT2D eigenvalue weighted by atomic mass is 10.1. The summed E-state index contributed by atoms with van der Waals surface area (Å²) in [5, 5.41) is 10.00. The summed E-state index contributed by atoms with van der Waals surface area (Å²) < 4.78 is 0. The van der Waals surface area contributed by atoms with Crippen LogP contribution in [-0.2, 0) is 6.61 Å². The molecule has 0 aliphatic carbocycles. The Bertz CT molecular complexity index is 352. The Labute approximate surface area is 103 Å². The van der Waals surface area contributed by atoms with Crippen LogP contribution < -0.4 is 4.90 Å². The molecule has 0 saturated heterocycles. The van der Waals surface area contributed by atoms with Crippen molar-refractivity contribution in [1.29, 1.82) is 0 Å². The highest BCUT2D eigenvalue weighted by Crippen LogP contribution is 2.30. The lowest BCUT2D eigenvalue weighted by Crippen LogP contribution is -2.24. The number of anilines is 1. The maximum atomic E-state index is 9.20. The molecule has 0 fully saturated rings. The molecule has 0 unspecified atom stereocenters. The van der Waals surface area contributed by atoms with Crippen LogP contribution in [0.15, 0.2) is 12.1 Å². The average molecular weight is 242 g/mol. The van der Waals surface area contributed by atoms with Crippen molar-refractivity contribution < 1.29 is 5.11 Å². The SMILES string of the molecule is CCCN(CC)c1cc(CO)cc(C)c1Cl. The second-order valence-electron chi connectivity index (χ2n) is 3.98. The monoisotopic (exact) mass is 241 g/mol. The molecule has 90 valence electrons. The topological polar surface area (TPSA) is 23.5 Å². The minimum Gasteiger partial charge on any atom is -0.392 e. The average Bonchev–Trinajstić information content (AvgIpc) is 2.29. The minimum atomic E-state index is 0.0642.